The molecule has 0 saturated heterocycles. The van der Waals surface area contributed by atoms with Gasteiger partial charge < -0.3 is 10.6 Å². The molecular weight excluding hydrogens is 348 g/mol. The second-order valence-electron chi connectivity index (χ2n) is 5.99. The van der Waals surface area contributed by atoms with Crippen LogP contribution in [0.25, 0.3) is 0 Å². The number of nitrogens with one attached hydrogen (secondary N) is 1. The Balaban J connectivity index is 1.72. The average Bonchev–Trinajstić information content (AvgIpc) is 3.24. The Morgan fingerprint density at radius 1 is 1.23 bits per heavy atom. The molecule has 2 amide bonds. The van der Waals surface area contributed by atoms with E-state index >= 15 is 0 Å². The first-order chi connectivity index (χ1) is 12.6. The lowest BCUT2D eigenvalue weighted by atomic mass is 10.0. The molecule has 130 valence electrons. The lowest BCUT2D eigenvalue weighted by Crippen LogP contribution is -2.37. The minimum Gasteiger partial charge on any atom is -0.399 e. The van der Waals surface area contributed by atoms with Gasteiger partial charge in [-0.1, -0.05) is 30.3 Å². The van der Waals surface area contributed by atoms with Crippen molar-refractivity contribution >= 4 is 34.0 Å². The van der Waals surface area contributed by atoms with Gasteiger partial charge in [-0.15, -0.1) is 11.3 Å². The highest BCUT2D eigenvalue weighted by molar-refractivity contribution is 7.13. The van der Waals surface area contributed by atoms with Gasteiger partial charge in [0.2, 0.25) is 0 Å². The van der Waals surface area contributed by atoms with Crippen molar-refractivity contribution in [2.75, 3.05) is 11.1 Å². The number of aromatic nitrogens is 1. The van der Waals surface area contributed by atoms with Crippen LogP contribution in [0.15, 0.2) is 60.1 Å². The second kappa shape index (κ2) is 6.61. The number of anilines is 2. The Kier molecular flexibility index (Phi) is 4.14. The molecule has 3 aromatic rings. The van der Waals surface area contributed by atoms with Gasteiger partial charge in [0, 0.05) is 29.4 Å². The van der Waals surface area contributed by atoms with E-state index in [9.17, 15) is 9.59 Å². The maximum absolute atomic E-state index is 13.0. The summed E-state index contributed by atoms with van der Waals surface area (Å²) in [7, 11) is 0. The van der Waals surface area contributed by atoms with E-state index in [1.807, 2.05) is 18.2 Å². The number of carbonyl (C=O) groups excluding carboxylic acids is 2. The third-order valence-corrected chi connectivity index (χ3v) is 4.99. The predicted molar refractivity (Wildman–Crippen MR) is 101 cm³/mol. The Morgan fingerprint density at radius 3 is 2.81 bits per heavy atom. The number of amides is 2. The first kappa shape index (κ1) is 16.3. The minimum atomic E-state index is -0.790. The third-order valence-electron chi connectivity index (χ3n) is 4.30. The van der Waals surface area contributed by atoms with Crippen LogP contribution < -0.4 is 11.1 Å². The molecule has 1 aliphatic rings. The number of hydrogen-bond donors (Lipinski definition) is 2. The molecule has 4 rings (SSSR count). The normalized spacial score (nSPS) is 14.2. The van der Waals surface area contributed by atoms with Gasteiger partial charge in [-0.25, -0.2) is 4.98 Å². The van der Waals surface area contributed by atoms with Crippen LogP contribution in [0.5, 0.6) is 0 Å². The summed E-state index contributed by atoms with van der Waals surface area (Å²) in [5, 5.41) is 5.07. The molecular formula is C19H16N4O2S. The largest absolute Gasteiger partial charge is 0.399 e. The molecule has 0 bridgehead atoms. The number of benzene rings is 2. The minimum absolute atomic E-state index is 0.165. The van der Waals surface area contributed by atoms with Crippen molar-refractivity contribution in [1.29, 1.82) is 0 Å². The first-order valence-electron chi connectivity index (χ1n) is 8.08. The SMILES string of the molecule is Nc1cccc([C@H](C(=O)Nc2nccs2)N2Cc3ccccc3C2=O)c1. The topological polar surface area (TPSA) is 88.3 Å². The van der Waals surface area contributed by atoms with Crippen LogP contribution >= 0.6 is 11.3 Å². The van der Waals surface area contributed by atoms with Gasteiger partial charge >= 0.3 is 0 Å². The number of hydrogen-bond acceptors (Lipinski definition) is 5. The van der Waals surface area contributed by atoms with Gasteiger partial charge in [0.1, 0.15) is 6.04 Å². The van der Waals surface area contributed by atoms with Crippen LogP contribution in [0.3, 0.4) is 0 Å². The van der Waals surface area contributed by atoms with Gasteiger partial charge in [-0.2, -0.15) is 0 Å². The van der Waals surface area contributed by atoms with Gasteiger partial charge in [0.25, 0.3) is 11.8 Å². The van der Waals surface area contributed by atoms with E-state index in [1.165, 1.54) is 11.3 Å². The summed E-state index contributed by atoms with van der Waals surface area (Å²) in [6, 6.07) is 13.7. The van der Waals surface area contributed by atoms with Crippen molar-refractivity contribution in [3.8, 4) is 0 Å². The molecule has 1 aromatic heterocycles. The van der Waals surface area contributed by atoms with Crippen molar-refractivity contribution < 1.29 is 9.59 Å². The Morgan fingerprint density at radius 2 is 2.08 bits per heavy atom. The molecule has 1 atom stereocenters. The molecule has 26 heavy (non-hydrogen) atoms. The summed E-state index contributed by atoms with van der Waals surface area (Å²) >= 11 is 1.33. The first-order valence-corrected chi connectivity index (χ1v) is 8.96. The van der Waals surface area contributed by atoms with Crippen molar-refractivity contribution in [2.24, 2.45) is 0 Å². The number of carbonyl (C=O) groups is 2. The molecule has 3 N–H and O–H groups in total. The molecule has 7 heteroatoms. The van der Waals surface area contributed by atoms with Crippen molar-refractivity contribution in [1.82, 2.24) is 9.88 Å². The molecule has 0 saturated carbocycles. The third kappa shape index (κ3) is 2.93. The monoisotopic (exact) mass is 364 g/mol. The molecule has 0 fully saturated rings. The van der Waals surface area contributed by atoms with Crippen molar-refractivity contribution in [3.63, 3.8) is 0 Å². The zero-order valence-electron chi connectivity index (χ0n) is 13.8. The summed E-state index contributed by atoms with van der Waals surface area (Å²) in [6.45, 7) is 0.375. The summed E-state index contributed by atoms with van der Waals surface area (Å²) in [4.78, 5) is 31.6. The number of nitrogen functional groups attached to an aromatic ring is 1. The number of nitrogens with zero attached hydrogens (tertiary/aromatic N) is 2. The van der Waals surface area contributed by atoms with Gasteiger partial charge in [-0.3, -0.25) is 14.9 Å². The Hall–Kier alpha value is -3.19. The van der Waals surface area contributed by atoms with Crippen LogP contribution in [0, 0.1) is 0 Å². The van der Waals surface area contributed by atoms with E-state index in [1.54, 1.807) is 46.8 Å². The van der Waals surface area contributed by atoms with Gasteiger partial charge in [0.05, 0.1) is 0 Å². The van der Waals surface area contributed by atoms with Crippen LogP contribution in [0.2, 0.25) is 0 Å². The number of fused-ring (bicyclic) bond motifs is 1. The Bertz CT molecular complexity index is 971. The maximum atomic E-state index is 13.0. The van der Waals surface area contributed by atoms with Crippen LogP contribution in [0.4, 0.5) is 10.8 Å². The second-order valence-corrected chi connectivity index (χ2v) is 6.88. The van der Waals surface area contributed by atoms with E-state index in [0.29, 0.717) is 28.5 Å². The van der Waals surface area contributed by atoms with Crippen LogP contribution in [-0.4, -0.2) is 21.7 Å². The standard InChI is InChI=1S/C19H16N4O2S/c20-14-6-3-5-12(10-14)16(17(24)22-19-21-8-9-26-19)23-11-13-4-1-2-7-15(13)18(23)25/h1-10,16H,11,20H2,(H,21,22,24)/t16-/m1/s1. The number of nitrogens with two attached hydrogens (primary N) is 1. The molecule has 0 radical (unpaired) electrons. The summed E-state index contributed by atoms with van der Waals surface area (Å²) in [5.41, 5.74) is 8.65. The molecule has 2 heterocycles. The van der Waals surface area contributed by atoms with E-state index in [0.717, 1.165) is 5.56 Å². The van der Waals surface area contributed by atoms with Gasteiger partial charge in [-0.05, 0) is 29.3 Å². The fraction of sp³-hybridized carbons (Fsp3) is 0.105. The maximum Gasteiger partial charge on any atom is 0.255 e. The predicted octanol–water partition coefficient (Wildman–Crippen LogP) is 3.06. The summed E-state index contributed by atoms with van der Waals surface area (Å²) < 4.78 is 0. The fourth-order valence-electron chi connectivity index (χ4n) is 3.15. The molecule has 0 unspecified atom stereocenters. The van der Waals surface area contributed by atoms with E-state index in [4.69, 9.17) is 5.73 Å². The number of rotatable bonds is 4. The lowest BCUT2D eigenvalue weighted by molar-refractivity contribution is -0.120. The van der Waals surface area contributed by atoms with Gasteiger partial charge in [0.15, 0.2) is 5.13 Å². The molecule has 0 spiro atoms. The van der Waals surface area contributed by atoms with Crippen molar-refractivity contribution in [3.05, 3.63) is 76.8 Å². The fourth-order valence-corrected chi connectivity index (χ4v) is 3.68. The van der Waals surface area contributed by atoms with E-state index in [2.05, 4.69) is 10.3 Å². The molecule has 0 aliphatic carbocycles. The average molecular weight is 364 g/mol. The molecule has 2 aromatic carbocycles. The highest BCUT2D eigenvalue weighted by atomic mass is 32.1. The highest BCUT2D eigenvalue weighted by Gasteiger charge is 2.37. The smallest absolute Gasteiger partial charge is 0.255 e. The Labute approximate surface area is 154 Å². The summed E-state index contributed by atoms with van der Waals surface area (Å²) in [6.07, 6.45) is 1.62. The van der Waals surface area contributed by atoms with E-state index in [-0.39, 0.29) is 11.8 Å². The summed E-state index contributed by atoms with van der Waals surface area (Å²) in [5.74, 6) is -0.478. The quantitative estimate of drug-likeness (QED) is 0.697. The molecule has 6 nitrogen and oxygen atoms in total. The zero-order valence-corrected chi connectivity index (χ0v) is 14.6. The number of thiazole rings is 1. The zero-order chi connectivity index (χ0) is 18.1. The van der Waals surface area contributed by atoms with E-state index < -0.39 is 6.04 Å². The van der Waals surface area contributed by atoms with Crippen molar-refractivity contribution in [2.45, 2.75) is 12.6 Å². The van der Waals surface area contributed by atoms with Crippen LogP contribution in [0.1, 0.15) is 27.5 Å². The highest BCUT2D eigenvalue weighted by Crippen LogP contribution is 2.33. The van der Waals surface area contributed by atoms with Crippen LogP contribution in [-0.2, 0) is 11.3 Å². The molecule has 1 aliphatic heterocycles. The lowest BCUT2D eigenvalue weighted by Gasteiger charge is -2.27.